The van der Waals surface area contributed by atoms with E-state index in [0.29, 0.717) is 22.2 Å². The van der Waals surface area contributed by atoms with Crippen molar-refractivity contribution in [2.24, 2.45) is 0 Å². The smallest absolute Gasteiger partial charge is 0.262 e. The number of nitrogens with one attached hydrogen (secondary N) is 1. The van der Waals surface area contributed by atoms with Gasteiger partial charge in [-0.1, -0.05) is 53.5 Å². The van der Waals surface area contributed by atoms with Gasteiger partial charge in [-0.3, -0.25) is 9.59 Å². The molecule has 3 aromatic carbocycles. The number of halogens is 3. The number of rotatable bonds is 7. The second kappa shape index (κ2) is 10.3. The van der Waals surface area contributed by atoms with Gasteiger partial charge >= 0.3 is 0 Å². The van der Waals surface area contributed by atoms with Crippen LogP contribution >= 0.6 is 23.2 Å². The van der Waals surface area contributed by atoms with Crippen LogP contribution < -0.4 is 10.1 Å². The third-order valence-electron chi connectivity index (χ3n) is 4.37. The van der Waals surface area contributed by atoms with Gasteiger partial charge in [-0.05, 0) is 42.0 Å². The fourth-order valence-electron chi connectivity index (χ4n) is 2.85. The second-order valence-electron chi connectivity index (χ2n) is 6.72. The average Bonchev–Trinajstić information content (AvgIpc) is 2.76. The van der Waals surface area contributed by atoms with Crippen molar-refractivity contribution in [2.75, 3.05) is 19.0 Å². The number of amides is 2. The van der Waals surface area contributed by atoms with E-state index in [1.165, 1.54) is 23.1 Å². The lowest BCUT2D eigenvalue weighted by Gasteiger charge is -2.19. The first-order chi connectivity index (χ1) is 14.8. The highest BCUT2D eigenvalue weighted by Crippen LogP contribution is 2.24. The summed E-state index contributed by atoms with van der Waals surface area (Å²) in [5.74, 6) is -1.14. The number of anilines is 1. The number of benzene rings is 3. The first kappa shape index (κ1) is 22.6. The van der Waals surface area contributed by atoms with Gasteiger partial charge in [-0.2, -0.15) is 0 Å². The molecular weight excluding hydrogens is 442 g/mol. The van der Waals surface area contributed by atoms with E-state index >= 15 is 0 Å². The van der Waals surface area contributed by atoms with Gasteiger partial charge in [-0.25, -0.2) is 4.39 Å². The van der Waals surface area contributed by atoms with Gasteiger partial charge in [-0.15, -0.1) is 0 Å². The molecule has 0 fully saturated rings. The highest BCUT2D eigenvalue weighted by Gasteiger charge is 2.18. The molecule has 0 saturated carbocycles. The Hall–Kier alpha value is -3.09. The molecule has 0 unspecified atom stereocenters. The summed E-state index contributed by atoms with van der Waals surface area (Å²) in [6, 6.07) is 17.6. The van der Waals surface area contributed by atoms with Crippen molar-refractivity contribution in [3.8, 4) is 5.75 Å². The van der Waals surface area contributed by atoms with Crippen molar-refractivity contribution in [1.82, 2.24) is 4.90 Å². The van der Waals surface area contributed by atoms with Crippen LogP contribution in [0.1, 0.15) is 15.9 Å². The molecule has 0 atom stereocenters. The van der Waals surface area contributed by atoms with Crippen LogP contribution in [0.2, 0.25) is 10.0 Å². The molecule has 0 spiro atoms. The first-order valence-electron chi connectivity index (χ1n) is 9.30. The van der Waals surface area contributed by atoms with E-state index in [1.54, 1.807) is 55.6 Å². The Morgan fingerprint density at radius 1 is 1.00 bits per heavy atom. The molecule has 0 saturated heterocycles. The van der Waals surface area contributed by atoms with Gasteiger partial charge in [0.2, 0.25) is 0 Å². The molecule has 0 radical (unpaired) electrons. The highest BCUT2D eigenvalue weighted by molar-refractivity contribution is 6.42. The Bertz CT molecular complexity index is 1110. The molecule has 0 heterocycles. The molecular formula is C23H19Cl2FN2O3. The van der Waals surface area contributed by atoms with E-state index in [-0.39, 0.29) is 24.0 Å². The standard InChI is InChI=1S/C23H19Cl2FN2O3/c1-28(13-15-10-11-17(24)18(25)12-15)23(30)16-6-2-5-9-21(16)31-14-22(29)27-20-8-4-3-7-19(20)26/h2-12H,13-14H2,1H3,(H,27,29). The zero-order valence-corrected chi connectivity index (χ0v) is 18.1. The van der Waals surface area contributed by atoms with Crippen molar-refractivity contribution in [2.45, 2.75) is 6.54 Å². The summed E-state index contributed by atoms with van der Waals surface area (Å²) in [5.41, 5.74) is 1.17. The van der Waals surface area contributed by atoms with E-state index in [9.17, 15) is 14.0 Å². The van der Waals surface area contributed by atoms with Crippen molar-refractivity contribution in [3.05, 3.63) is 93.7 Å². The molecule has 3 rings (SSSR count). The van der Waals surface area contributed by atoms with Crippen LogP contribution in [0.5, 0.6) is 5.75 Å². The van der Waals surface area contributed by atoms with Gasteiger partial charge < -0.3 is 15.0 Å². The summed E-state index contributed by atoms with van der Waals surface area (Å²) >= 11 is 12.0. The summed E-state index contributed by atoms with van der Waals surface area (Å²) < 4.78 is 19.2. The van der Waals surface area contributed by atoms with Crippen LogP contribution in [0.25, 0.3) is 0 Å². The van der Waals surface area contributed by atoms with Gasteiger partial charge in [0, 0.05) is 13.6 Å². The van der Waals surface area contributed by atoms with E-state index in [2.05, 4.69) is 5.32 Å². The van der Waals surface area contributed by atoms with Crippen LogP contribution in [-0.2, 0) is 11.3 Å². The molecule has 1 N–H and O–H groups in total. The second-order valence-corrected chi connectivity index (χ2v) is 7.54. The summed E-state index contributed by atoms with van der Waals surface area (Å²) in [4.78, 5) is 26.6. The summed E-state index contributed by atoms with van der Waals surface area (Å²) in [6.07, 6.45) is 0. The van der Waals surface area contributed by atoms with E-state index in [1.807, 2.05) is 0 Å². The molecule has 0 bridgehead atoms. The molecule has 0 aliphatic rings. The zero-order chi connectivity index (χ0) is 22.4. The van der Waals surface area contributed by atoms with Crippen LogP contribution in [-0.4, -0.2) is 30.4 Å². The Morgan fingerprint density at radius 3 is 2.45 bits per heavy atom. The summed E-state index contributed by atoms with van der Waals surface area (Å²) in [6.45, 7) is -0.0764. The molecule has 0 aromatic heterocycles. The molecule has 2 amide bonds. The van der Waals surface area contributed by atoms with Crippen LogP contribution in [0, 0.1) is 5.82 Å². The molecule has 0 aliphatic heterocycles. The maximum absolute atomic E-state index is 13.7. The maximum atomic E-state index is 13.7. The fraction of sp³-hybridized carbons (Fsp3) is 0.130. The third kappa shape index (κ3) is 5.96. The molecule has 5 nitrogen and oxygen atoms in total. The Balaban J connectivity index is 1.66. The number of para-hydroxylation sites is 2. The Kier molecular flexibility index (Phi) is 7.50. The lowest BCUT2D eigenvalue weighted by Crippen LogP contribution is -2.27. The summed E-state index contributed by atoms with van der Waals surface area (Å²) in [7, 11) is 1.65. The lowest BCUT2D eigenvalue weighted by atomic mass is 10.1. The monoisotopic (exact) mass is 460 g/mol. The fourth-order valence-corrected chi connectivity index (χ4v) is 3.17. The minimum Gasteiger partial charge on any atom is -0.483 e. The van der Waals surface area contributed by atoms with Crippen molar-refractivity contribution in [3.63, 3.8) is 0 Å². The normalized spacial score (nSPS) is 10.5. The molecule has 0 aliphatic carbocycles. The topological polar surface area (TPSA) is 58.6 Å². The quantitative estimate of drug-likeness (QED) is 0.511. The SMILES string of the molecule is CN(Cc1ccc(Cl)c(Cl)c1)C(=O)c1ccccc1OCC(=O)Nc1ccccc1F. The van der Waals surface area contributed by atoms with Gasteiger partial charge in [0.1, 0.15) is 11.6 Å². The molecule has 3 aromatic rings. The third-order valence-corrected chi connectivity index (χ3v) is 5.11. The number of carbonyl (C=O) groups excluding carboxylic acids is 2. The Morgan fingerprint density at radius 2 is 1.71 bits per heavy atom. The lowest BCUT2D eigenvalue weighted by molar-refractivity contribution is -0.118. The van der Waals surface area contributed by atoms with Crippen molar-refractivity contribution < 1.29 is 18.7 Å². The summed E-state index contributed by atoms with van der Waals surface area (Å²) in [5, 5.41) is 3.28. The number of carbonyl (C=O) groups is 2. The van der Waals surface area contributed by atoms with E-state index in [0.717, 1.165) is 5.56 Å². The molecule has 31 heavy (non-hydrogen) atoms. The van der Waals surface area contributed by atoms with Gasteiger partial charge in [0.25, 0.3) is 11.8 Å². The predicted molar refractivity (Wildman–Crippen MR) is 119 cm³/mol. The van der Waals surface area contributed by atoms with Crippen LogP contribution in [0.3, 0.4) is 0 Å². The van der Waals surface area contributed by atoms with Crippen LogP contribution in [0.4, 0.5) is 10.1 Å². The first-order valence-corrected chi connectivity index (χ1v) is 10.1. The van der Waals surface area contributed by atoms with Crippen molar-refractivity contribution >= 4 is 40.7 Å². The zero-order valence-electron chi connectivity index (χ0n) is 16.6. The van der Waals surface area contributed by atoms with Gasteiger partial charge in [0.15, 0.2) is 6.61 Å². The number of ether oxygens (including phenoxy) is 1. The van der Waals surface area contributed by atoms with E-state index in [4.69, 9.17) is 27.9 Å². The minimum absolute atomic E-state index is 0.0572. The number of hydrogen-bond acceptors (Lipinski definition) is 3. The number of hydrogen-bond donors (Lipinski definition) is 1. The van der Waals surface area contributed by atoms with Crippen molar-refractivity contribution in [1.29, 1.82) is 0 Å². The molecule has 8 heteroatoms. The van der Waals surface area contributed by atoms with Crippen LogP contribution in [0.15, 0.2) is 66.7 Å². The highest BCUT2D eigenvalue weighted by atomic mass is 35.5. The predicted octanol–water partition coefficient (Wildman–Crippen LogP) is 5.42. The minimum atomic E-state index is -0.546. The largest absolute Gasteiger partial charge is 0.483 e. The maximum Gasteiger partial charge on any atom is 0.262 e. The Labute approximate surface area is 189 Å². The molecule has 160 valence electrons. The van der Waals surface area contributed by atoms with Gasteiger partial charge in [0.05, 0.1) is 21.3 Å². The van der Waals surface area contributed by atoms with E-state index < -0.39 is 11.7 Å². The number of nitrogens with zero attached hydrogens (tertiary/aromatic N) is 1. The average molecular weight is 461 g/mol.